The lowest BCUT2D eigenvalue weighted by Gasteiger charge is -2.21. The summed E-state index contributed by atoms with van der Waals surface area (Å²) in [4.78, 5) is 13.5. The molecule has 0 bridgehead atoms. The van der Waals surface area contributed by atoms with Crippen LogP contribution in [0.15, 0.2) is 22.7 Å². The standard InChI is InChI=1S/C13H17BrClNO3/c1-2-5-16(6-7-17)13(18)9-19-12-4-3-10(15)8-11(12)14/h3-4,8,17H,2,5-7,9H2,1H3. The number of aliphatic hydroxyl groups excluding tert-OH is 1. The van der Waals surface area contributed by atoms with E-state index < -0.39 is 0 Å². The van der Waals surface area contributed by atoms with Crippen molar-refractivity contribution in [3.8, 4) is 5.75 Å². The van der Waals surface area contributed by atoms with E-state index in [1.54, 1.807) is 23.1 Å². The SMILES string of the molecule is CCCN(CCO)C(=O)COc1ccc(Cl)cc1Br. The molecule has 0 aliphatic rings. The number of carbonyl (C=O) groups is 1. The van der Waals surface area contributed by atoms with Crippen LogP contribution >= 0.6 is 27.5 Å². The van der Waals surface area contributed by atoms with Crippen molar-refractivity contribution in [1.82, 2.24) is 4.90 Å². The van der Waals surface area contributed by atoms with E-state index in [1.807, 2.05) is 6.92 Å². The molecule has 0 aromatic heterocycles. The van der Waals surface area contributed by atoms with Crippen molar-refractivity contribution < 1.29 is 14.6 Å². The summed E-state index contributed by atoms with van der Waals surface area (Å²) in [5, 5.41) is 9.51. The fourth-order valence-electron chi connectivity index (χ4n) is 1.57. The molecule has 0 atom stereocenters. The molecule has 1 amide bonds. The molecule has 0 spiro atoms. The summed E-state index contributed by atoms with van der Waals surface area (Å²) in [5.41, 5.74) is 0. The van der Waals surface area contributed by atoms with Crippen LogP contribution < -0.4 is 4.74 Å². The molecular formula is C13H17BrClNO3. The zero-order chi connectivity index (χ0) is 14.3. The minimum absolute atomic E-state index is 0.0453. The summed E-state index contributed by atoms with van der Waals surface area (Å²) in [6.07, 6.45) is 0.844. The molecule has 0 fully saturated rings. The molecule has 1 rings (SSSR count). The maximum atomic E-state index is 11.9. The Bertz CT molecular complexity index is 422. The number of benzene rings is 1. The van der Waals surface area contributed by atoms with Gasteiger partial charge in [-0.2, -0.15) is 0 Å². The van der Waals surface area contributed by atoms with Crippen LogP contribution in [-0.4, -0.2) is 42.2 Å². The first-order chi connectivity index (χ1) is 9.08. The predicted octanol–water partition coefficient (Wildman–Crippen LogP) is 2.71. The quantitative estimate of drug-likeness (QED) is 0.822. The number of amides is 1. The Morgan fingerprint density at radius 3 is 2.79 bits per heavy atom. The lowest BCUT2D eigenvalue weighted by atomic mass is 10.3. The topological polar surface area (TPSA) is 49.8 Å². The van der Waals surface area contributed by atoms with E-state index >= 15 is 0 Å². The zero-order valence-electron chi connectivity index (χ0n) is 10.7. The van der Waals surface area contributed by atoms with Crippen LogP contribution in [0.3, 0.4) is 0 Å². The van der Waals surface area contributed by atoms with Crippen molar-refractivity contribution in [1.29, 1.82) is 0 Å². The molecule has 0 aliphatic carbocycles. The van der Waals surface area contributed by atoms with E-state index in [-0.39, 0.29) is 19.1 Å². The summed E-state index contributed by atoms with van der Waals surface area (Å²) in [6.45, 7) is 2.83. The molecule has 4 nitrogen and oxygen atoms in total. The average Bonchev–Trinajstić information content (AvgIpc) is 2.37. The van der Waals surface area contributed by atoms with Gasteiger partial charge in [-0.05, 0) is 40.5 Å². The Balaban J connectivity index is 2.56. The zero-order valence-corrected chi connectivity index (χ0v) is 13.1. The van der Waals surface area contributed by atoms with Gasteiger partial charge in [-0.15, -0.1) is 0 Å². The van der Waals surface area contributed by atoms with E-state index in [0.717, 1.165) is 6.42 Å². The Hall–Kier alpha value is -0.780. The lowest BCUT2D eigenvalue weighted by Crippen LogP contribution is -2.37. The number of hydrogen-bond acceptors (Lipinski definition) is 3. The first kappa shape index (κ1) is 16.3. The van der Waals surface area contributed by atoms with Gasteiger partial charge in [-0.25, -0.2) is 0 Å². The second-order valence-corrected chi connectivity index (χ2v) is 5.26. The minimum atomic E-state index is -0.141. The Morgan fingerprint density at radius 2 is 2.21 bits per heavy atom. The van der Waals surface area contributed by atoms with Crippen LogP contribution in [0.4, 0.5) is 0 Å². The van der Waals surface area contributed by atoms with Gasteiger partial charge in [0.25, 0.3) is 5.91 Å². The van der Waals surface area contributed by atoms with Crippen LogP contribution in [0, 0.1) is 0 Å². The Labute approximate surface area is 126 Å². The minimum Gasteiger partial charge on any atom is -0.483 e. The maximum Gasteiger partial charge on any atom is 0.260 e. The molecule has 1 aromatic carbocycles. The molecule has 0 aliphatic heterocycles. The van der Waals surface area contributed by atoms with Gasteiger partial charge in [0.1, 0.15) is 5.75 Å². The average molecular weight is 351 g/mol. The first-order valence-corrected chi connectivity index (χ1v) is 7.22. The van der Waals surface area contributed by atoms with Gasteiger partial charge in [-0.1, -0.05) is 18.5 Å². The van der Waals surface area contributed by atoms with Crippen LogP contribution in [0.25, 0.3) is 0 Å². The number of halogens is 2. The summed E-state index contributed by atoms with van der Waals surface area (Å²) in [5.74, 6) is 0.427. The highest BCUT2D eigenvalue weighted by Crippen LogP contribution is 2.27. The Morgan fingerprint density at radius 1 is 1.47 bits per heavy atom. The fourth-order valence-corrected chi connectivity index (χ4v) is 2.37. The van der Waals surface area contributed by atoms with Gasteiger partial charge in [-0.3, -0.25) is 4.79 Å². The van der Waals surface area contributed by atoms with Crippen molar-refractivity contribution in [2.45, 2.75) is 13.3 Å². The molecule has 0 saturated heterocycles. The van der Waals surface area contributed by atoms with Gasteiger partial charge in [0.15, 0.2) is 6.61 Å². The van der Waals surface area contributed by atoms with Crippen LogP contribution in [0.1, 0.15) is 13.3 Å². The van der Waals surface area contributed by atoms with Crippen molar-refractivity contribution in [3.05, 3.63) is 27.7 Å². The number of hydrogen-bond donors (Lipinski definition) is 1. The highest BCUT2D eigenvalue weighted by atomic mass is 79.9. The summed E-state index contributed by atoms with van der Waals surface area (Å²) in [6, 6.07) is 5.11. The highest BCUT2D eigenvalue weighted by molar-refractivity contribution is 9.10. The van der Waals surface area contributed by atoms with E-state index in [9.17, 15) is 4.79 Å². The monoisotopic (exact) mass is 349 g/mol. The Kier molecular flexibility index (Phi) is 7.20. The van der Waals surface area contributed by atoms with Gasteiger partial charge in [0.05, 0.1) is 11.1 Å². The maximum absolute atomic E-state index is 11.9. The molecule has 0 radical (unpaired) electrons. The fraction of sp³-hybridized carbons (Fsp3) is 0.462. The van der Waals surface area contributed by atoms with Gasteiger partial charge in [0, 0.05) is 18.1 Å². The normalized spacial score (nSPS) is 10.3. The molecule has 0 unspecified atom stereocenters. The third-order valence-corrected chi connectivity index (χ3v) is 3.32. The number of carbonyl (C=O) groups excluding carboxylic acids is 1. The largest absolute Gasteiger partial charge is 0.483 e. The summed E-state index contributed by atoms with van der Waals surface area (Å²) < 4.78 is 6.15. The van der Waals surface area contributed by atoms with E-state index in [0.29, 0.717) is 28.3 Å². The van der Waals surface area contributed by atoms with Crippen molar-refractivity contribution >= 4 is 33.4 Å². The number of nitrogens with zero attached hydrogens (tertiary/aromatic N) is 1. The first-order valence-electron chi connectivity index (χ1n) is 6.05. The van der Waals surface area contributed by atoms with E-state index in [1.165, 1.54) is 0 Å². The molecular weight excluding hydrogens is 334 g/mol. The van der Waals surface area contributed by atoms with Crippen LogP contribution in [0.5, 0.6) is 5.75 Å². The number of rotatable bonds is 7. The number of ether oxygens (including phenoxy) is 1. The molecule has 19 heavy (non-hydrogen) atoms. The van der Waals surface area contributed by atoms with Crippen LogP contribution in [-0.2, 0) is 4.79 Å². The van der Waals surface area contributed by atoms with Crippen molar-refractivity contribution in [2.24, 2.45) is 0 Å². The third-order valence-electron chi connectivity index (χ3n) is 2.46. The molecule has 0 heterocycles. The second-order valence-electron chi connectivity index (χ2n) is 3.97. The molecule has 1 aromatic rings. The van der Waals surface area contributed by atoms with Crippen molar-refractivity contribution in [2.75, 3.05) is 26.3 Å². The van der Waals surface area contributed by atoms with Crippen LogP contribution in [0.2, 0.25) is 5.02 Å². The second kappa shape index (κ2) is 8.40. The van der Waals surface area contributed by atoms with Gasteiger partial charge >= 0.3 is 0 Å². The number of aliphatic hydroxyl groups is 1. The van der Waals surface area contributed by atoms with Gasteiger partial charge in [0.2, 0.25) is 0 Å². The summed E-state index contributed by atoms with van der Waals surface area (Å²) >= 11 is 9.15. The van der Waals surface area contributed by atoms with E-state index in [4.69, 9.17) is 21.4 Å². The molecule has 106 valence electrons. The molecule has 1 N–H and O–H groups in total. The summed E-state index contributed by atoms with van der Waals surface area (Å²) in [7, 11) is 0. The van der Waals surface area contributed by atoms with E-state index in [2.05, 4.69) is 15.9 Å². The smallest absolute Gasteiger partial charge is 0.260 e. The third kappa shape index (κ3) is 5.38. The van der Waals surface area contributed by atoms with Crippen molar-refractivity contribution in [3.63, 3.8) is 0 Å². The highest BCUT2D eigenvalue weighted by Gasteiger charge is 2.13. The van der Waals surface area contributed by atoms with Gasteiger partial charge < -0.3 is 14.7 Å². The molecule has 0 saturated carbocycles. The predicted molar refractivity (Wildman–Crippen MR) is 78.6 cm³/mol. The lowest BCUT2D eigenvalue weighted by molar-refractivity contribution is -0.133. The molecule has 6 heteroatoms.